The van der Waals surface area contributed by atoms with E-state index in [-0.39, 0.29) is 0 Å². The first kappa shape index (κ1) is 27.2. The molecule has 0 bridgehead atoms. The maximum atomic E-state index is 10.6. The van der Waals surface area contributed by atoms with Crippen LogP contribution in [0.25, 0.3) is 0 Å². The third kappa shape index (κ3) is 5.86. The van der Waals surface area contributed by atoms with Crippen molar-refractivity contribution in [3.8, 4) is 0 Å². The minimum atomic E-state index is -0.699. The smallest absolute Gasteiger partial charge is 0.0828 e. The first-order chi connectivity index (χ1) is 16.0. The molecule has 0 spiro atoms. The summed E-state index contributed by atoms with van der Waals surface area (Å²) in [6, 6.07) is 0. The van der Waals surface area contributed by atoms with Crippen molar-refractivity contribution in [3.05, 3.63) is 59.3 Å². The van der Waals surface area contributed by atoms with Crippen molar-refractivity contribution in [3.63, 3.8) is 0 Å². The van der Waals surface area contributed by atoms with Gasteiger partial charge in [-0.2, -0.15) is 0 Å². The summed E-state index contributed by atoms with van der Waals surface area (Å²) in [6.07, 6.45) is 18.5. The van der Waals surface area contributed by atoms with E-state index in [1.54, 1.807) is 0 Å². The Hall–Kier alpha value is -1.42. The van der Waals surface area contributed by atoms with Gasteiger partial charge in [0.05, 0.1) is 17.8 Å². The number of aliphatic hydroxyl groups is 3. The Balaban J connectivity index is 1.75. The zero-order valence-electron chi connectivity index (χ0n) is 22.2. The van der Waals surface area contributed by atoms with Crippen LogP contribution in [0.15, 0.2) is 59.3 Å². The van der Waals surface area contributed by atoms with Gasteiger partial charge >= 0.3 is 0 Å². The van der Waals surface area contributed by atoms with Gasteiger partial charge in [-0.05, 0) is 92.6 Å². The monoisotopic (exact) mass is 468 g/mol. The highest BCUT2D eigenvalue weighted by molar-refractivity contribution is 5.38. The predicted molar refractivity (Wildman–Crippen MR) is 142 cm³/mol. The van der Waals surface area contributed by atoms with Gasteiger partial charge in [0.2, 0.25) is 0 Å². The van der Waals surface area contributed by atoms with Crippen LogP contribution >= 0.6 is 0 Å². The molecule has 3 aliphatic carbocycles. The van der Waals surface area contributed by atoms with Crippen molar-refractivity contribution in [2.45, 2.75) is 110 Å². The molecule has 0 aromatic rings. The van der Waals surface area contributed by atoms with Crippen LogP contribution in [-0.4, -0.2) is 33.1 Å². The van der Waals surface area contributed by atoms with Crippen LogP contribution < -0.4 is 0 Å². The van der Waals surface area contributed by atoms with E-state index in [9.17, 15) is 15.3 Å². The quantitative estimate of drug-likeness (QED) is 0.359. The summed E-state index contributed by atoms with van der Waals surface area (Å²) < 4.78 is 0. The van der Waals surface area contributed by atoms with E-state index in [1.807, 2.05) is 19.9 Å². The molecule has 190 valence electrons. The number of hydrogen-bond acceptors (Lipinski definition) is 3. The van der Waals surface area contributed by atoms with Crippen LogP contribution in [0.2, 0.25) is 0 Å². The Labute approximate surface area is 208 Å². The molecular weight excluding hydrogens is 420 g/mol. The minimum Gasteiger partial charge on any atom is -0.393 e. The summed E-state index contributed by atoms with van der Waals surface area (Å²) in [5.74, 6) is 1.76. The molecule has 6 atom stereocenters. The third-order valence-electron chi connectivity index (χ3n) is 9.32. The predicted octanol–water partition coefficient (Wildman–Crippen LogP) is 6.82. The van der Waals surface area contributed by atoms with Gasteiger partial charge in [0.15, 0.2) is 0 Å². The van der Waals surface area contributed by atoms with Gasteiger partial charge in [-0.15, -0.1) is 0 Å². The standard InChI is InChI=1S/C31H48O3/c1-7-31(34,8-2)20-21(3)11-12-22(4)27-15-16-28-24(10-9-17-30(27,28)6)13-14-25-18-26(32)19-29(33)23(25)5/h11-14,20,22,26-29,32-34H,5,7-10,15-19H2,1-4,6H3/b12-11+,21-20+,24-13+,25-14-/t22-,26-,27-,28+,29+,30-/m1/s1. The van der Waals surface area contributed by atoms with Crippen molar-refractivity contribution in [1.82, 2.24) is 0 Å². The molecule has 3 nitrogen and oxygen atoms in total. The second kappa shape index (κ2) is 11.1. The fourth-order valence-electron chi connectivity index (χ4n) is 6.97. The lowest BCUT2D eigenvalue weighted by atomic mass is 9.61. The molecule has 3 heteroatoms. The molecule has 0 aromatic heterocycles. The Morgan fingerprint density at radius 3 is 2.59 bits per heavy atom. The number of rotatable bonds is 7. The van der Waals surface area contributed by atoms with E-state index in [4.69, 9.17) is 0 Å². The summed E-state index contributed by atoms with van der Waals surface area (Å²) in [5, 5.41) is 30.9. The van der Waals surface area contributed by atoms with Gasteiger partial charge in [0, 0.05) is 6.42 Å². The first-order valence-electron chi connectivity index (χ1n) is 13.6. The zero-order chi connectivity index (χ0) is 25.1. The lowest BCUT2D eigenvalue weighted by Gasteiger charge is -2.44. The Kier molecular flexibility index (Phi) is 8.87. The van der Waals surface area contributed by atoms with Crippen molar-refractivity contribution in [2.75, 3.05) is 0 Å². The first-order valence-corrected chi connectivity index (χ1v) is 13.6. The largest absolute Gasteiger partial charge is 0.393 e. The maximum Gasteiger partial charge on any atom is 0.0828 e. The van der Waals surface area contributed by atoms with Crippen molar-refractivity contribution in [1.29, 1.82) is 0 Å². The van der Waals surface area contributed by atoms with E-state index in [2.05, 4.69) is 51.7 Å². The molecule has 0 saturated heterocycles. The Bertz CT molecular complexity index is 856. The minimum absolute atomic E-state index is 0.306. The molecule has 3 aliphatic rings. The molecule has 3 fully saturated rings. The van der Waals surface area contributed by atoms with E-state index >= 15 is 0 Å². The lowest BCUT2D eigenvalue weighted by molar-refractivity contribution is 0.0821. The summed E-state index contributed by atoms with van der Waals surface area (Å²) in [5.41, 5.74) is 4.05. The van der Waals surface area contributed by atoms with Crippen molar-refractivity contribution >= 4 is 0 Å². The van der Waals surface area contributed by atoms with Gasteiger partial charge in [0.1, 0.15) is 0 Å². The van der Waals surface area contributed by atoms with Gasteiger partial charge in [0.25, 0.3) is 0 Å². The molecule has 0 aromatic carbocycles. The average molecular weight is 469 g/mol. The van der Waals surface area contributed by atoms with E-state index in [1.165, 1.54) is 31.3 Å². The van der Waals surface area contributed by atoms with Gasteiger partial charge in [-0.25, -0.2) is 0 Å². The molecule has 0 amide bonds. The highest BCUT2D eigenvalue weighted by Gasteiger charge is 2.50. The normalized spacial score (nSPS) is 36.5. The molecule has 0 radical (unpaired) electrons. The van der Waals surface area contributed by atoms with Gasteiger partial charge in [-0.3, -0.25) is 0 Å². The second-order valence-corrected chi connectivity index (χ2v) is 11.6. The fourth-order valence-corrected chi connectivity index (χ4v) is 6.97. The number of aliphatic hydroxyl groups excluding tert-OH is 2. The summed E-state index contributed by atoms with van der Waals surface area (Å²) in [4.78, 5) is 0. The molecule has 0 heterocycles. The van der Waals surface area contributed by atoms with Crippen molar-refractivity contribution < 1.29 is 15.3 Å². The summed E-state index contributed by atoms with van der Waals surface area (Å²) in [7, 11) is 0. The van der Waals surface area contributed by atoms with Crippen LogP contribution in [0.4, 0.5) is 0 Å². The molecule has 3 N–H and O–H groups in total. The molecular formula is C31H48O3. The highest BCUT2D eigenvalue weighted by atomic mass is 16.3. The van der Waals surface area contributed by atoms with Crippen LogP contribution in [0.3, 0.4) is 0 Å². The fraction of sp³-hybridized carbons (Fsp3) is 0.677. The molecule has 3 saturated carbocycles. The van der Waals surface area contributed by atoms with Crippen LogP contribution in [-0.2, 0) is 0 Å². The zero-order valence-corrected chi connectivity index (χ0v) is 22.2. The van der Waals surface area contributed by atoms with E-state index < -0.39 is 17.8 Å². The van der Waals surface area contributed by atoms with Gasteiger partial charge < -0.3 is 15.3 Å². The second-order valence-electron chi connectivity index (χ2n) is 11.6. The Morgan fingerprint density at radius 1 is 1.21 bits per heavy atom. The highest BCUT2D eigenvalue weighted by Crippen LogP contribution is 2.59. The number of hydrogen-bond donors (Lipinski definition) is 3. The van der Waals surface area contributed by atoms with E-state index in [0.717, 1.165) is 36.0 Å². The molecule has 0 aliphatic heterocycles. The Morgan fingerprint density at radius 2 is 1.91 bits per heavy atom. The SMILES string of the molecule is C=C1/C(=C\C=C2/CCC[C@]3(C)[C@@H]([C@H](C)/C=C/C(C)=C/C(O)(CC)CC)CC[C@@H]23)C[C@@H](O)C[C@@H]1O. The number of fused-ring (bicyclic) bond motifs is 1. The topological polar surface area (TPSA) is 60.7 Å². The molecule has 0 unspecified atom stereocenters. The van der Waals surface area contributed by atoms with Crippen LogP contribution in [0.1, 0.15) is 92.4 Å². The third-order valence-corrected chi connectivity index (χ3v) is 9.32. The van der Waals surface area contributed by atoms with Gasteiger partial charge in [-0.1, -0.05) is 75.8 Å². The maximum absolute atomic E-state index is 10.6. The lowest BCUT2D eigenvalue weighted by Crippen LogP contribution is -2.35. The average Bonchev–Trinajstić information content (AvgIpc) is 3.16. The summed E-state index contributed by atoms with van der Waals surface area (Å²) in [6.45, 7) is 15.1. The van der Waals surface area contributed by atoms with E-state index in [0.29, 0.717) is 36.0 Å². The van der Waals surface area contributed by atoms with Crippen LogP contribution in [0.5, 0.6) is 0 Å². The summed E-state index contributed by atoms with van der Waals surface area (Å²) >= 11 is 0. The number of allylic oxidation sites excluding steroid dienone is 6. The molecule has 34 heavy (non-hydrogen) atoms. The van der Waals surface area contributed by atoms with Crippen LogP contribution in [0, 0.1) is 23.2 Å². The molecule has 3 rings (SSSR count). The van der Waals surface area contributed by atoms with Crippen molar-refractivity contribution in [2.24, 2.45) is 23.2 Å².